The maximum Gasteiger partial charge on any atom is 0.401 e. The van der Waals surface area contributed by atoms with E-state index in [0.717, 1.165) is 10.2 Å². The number of rotatable bonds is 3. The lowest BCUT2D eigenvalue weighted by Gasteiger charge is -2.33. The van der Waals surface area contributed by atoms with E-state index in [-0.39, 0.29) is 6.04 Å². The minimum absolute atomic E-state index is 0.159. The van der Waals surface area contributed by atoms with E-state index in [1.54, 1.807) is 6.07 Å². The largest absolute Gasteiger partial charge is 0.401 e. The molecule has 0 aliphatic carbocycles. The van der Waals surface area contributed by atoms with Gasteiger partial charge in [-0.1, -0.05) is 27.5 Å². The monoisotopic (exact) mass is 370 g/mol. The average molecular weight is 372 g/mol. The average Bonchev–Trinajstić information content (AvgIpc) is 2.34. The quantitative estimate of drug-likeness (QED) is 0.839. The Kier molecular flexibility index (Phi) is 5.20. The highest BCUT2D eigenvalue weighted by atomic mass is 79.9. The van der Waals surface area contributed by atoms with E-state index in [4.69, 9.17) is 11.6 Å². The number of nitrogens with zero attached hydrogens (tertiary/aromatic N) is 1. The molecule has 1 aromatic carbocycles. The molecule has 0 atom stereocenters. The van der Waals surface area contributed by atoms with Gasteiger partial charge in [0.2, 0.25) is 0 Å². The highest BCUT2D eigenvalue weighted by molar-refractivity contribution is 9.10. The van der Waals surface area contributed by atoms with Gasteiger partial charge in [0.1, 0.15) is 0 Å². The minimum Gasteiger partial charge on any atom is -0.381 e. The highest BCUT2D eigenvalue weighted by Gasteiger charge is 2.32. The topological polar surface area (TPSA) is 15.3 Å². The van der Waals surface area contributed by atoms with Gasteiger partial charge in [0.25, 0.3) is 0 Å². The van der Waals surface area contributed by atoms with E-state index >= 15 is 0 Å². The zero-order valence-corrected chi connectivity index (χ0v) is 13.0. The van der Waals surface area contributed by atoms with Gasteiger partial charge < -0.3 is 5.32 Å². The van der Waals surface area contributed by atoms with Crippen LogP contribution in [0.15, 0.2) is 22.7 Å². The van der Waals surface area contributed by atoms with Crippen molar-refractivity contribution in [3.8, 4) is 0 Å². The normalized spacial score (nSPS) is 18.2. The van der Waals surface area contributed by atoms with Gasteiger partial charge in [0.05, 0.1) is 17.3 Å². The molecule has 0 radical (unpaired) electrons. The van der Waals surface area contributed by atoms with Gasteiger partial charge >= 0.3 is 6.18 Å². The number of nitrogens with one attached hydrogen (secondary N) is 1. The molecule has 0 bridgehead atoms. The van der Waals surface area contributed by atoms with Crippen LogP contribution in [0.5, 0.6) is 0 Å². The molecule has 1 aliphatic heterocycles. The Hall–Kier alpha value is -0.460. The number of hydrogen-bond donors (Lipinski definition) is 1. The third-order valence-corrected chi connectivity index (χ3v) is 4.10. The van der Waals surface area contributed by atoms with Crippen LogP contribution in [0.25, 0.3) is 0 Å². The summed E-state index contributed by atoms with van der Waals surface area (Å²) in [5, 5.41) is 3.92. The van der Waals surface area contributed by atoms with Crippen LogP contribution in [0.2, 0.25) is 5.02 Å². The summed E-state index contributed by atoms with van der Waals surface area (Å²) in [6.45, 7) is 0.0724. The SMILES string of the molecule is FC(F)(F)CN1CCC(Nc2cc(Br)ccc2Cl)CC1. The molecule has 0 aromatic heterocycles. The predicted molar refractivity (Wildman–Crippen MR) is 78.3 cm³/mol. The second kappa shape index (κ2) is 6.54. The van der Waals surface area contributed by atoms with Crippen LogP contribution in [0.3, 0.4) is 0 Å². The first-order valence-electron chi connectivity index (χ1n) is 6.34. The van der Waals surface area contributed by atoms with Crippen LogP contribution < -0.4 is 5.32 Å². The van der Waals surface area contributed by atoms with Gasteiger partial charge in [-0.3, -0.25) is 4.90 Å². The van der Waals surface area contributed by atoms with Crippen molar-refractivity contribution >= 4 is 33.2 Å². The van der Waals surface area contributed by atoms with Crippen molar-refractivity contribution in [2.45, 2.75) is 25.1 Å². The third kappa shape index (κ3) is 4.82. The summed E-state index contributed by atoms with van der Waals surface area (Å²) < 4.78 is 37.8. The van der Waals surface area contributed by atoms with E-state index in [0.29, 0.717) is 31.0 Å². The van der Waals surface area contributed by atoms with Gasteiger partial charge in [0, 0.05) is 23.6 Å². The Balaban J connectivity index is 1.87. The summed E-state index contributed by atoms with van der Waals surface area (Å²) in [5.41, 5.74) is 0.815. The van der Waals surface area contributed by atoms with Crippen LogP contribution in [-0.4, -0.2) is 36.8 Å². The Morgan fingerprint density at radius 2 is 1.95 bits per heavy atom. The molecule has 0 amide bonds. The molecule has 20 heavy (non-hydrogen) atoms. The summed E-state index contributed by atoms with van der Waals surface area (Å²) >= 11 is 9.46. The molecule has 112 valence electrons. The molecular formula is C13H15BrClF3N2. The molecule has 1 heterocycles. The van der Waals surface area contributed by atoms with E-state index in [2.05, 4.69) is 21.2 Å². The maximum atomic E-state index is 12.3. The lowest BCUT2D eigenvalue weighted by atomic mass is 10.0. The molecule has 0 unspecified atom stereocenters. The molecule has 1 fully saturated rings. The fourth-order valence-corrected chi connectivity index (χ4v) is 2.85. The van der Waals surface area contributed by atoms with Gasteiger partial charge in [-0.05, 0) is 31.0 Å². The van der Waals surface area contributed by atoms with E-state index in [1.165, 1.54) is 4.90 Å². The molecular weight excluding hydrogens is 357 g/mol. The van der Waals surface area contributed by atoms with E-state index < -0.39 is 12.7 Å². The lowest BCUT2D eigenvalue weighted by molar-refractivity contribution is -0.147. The second-order valence-corrected chi connectivity index (χ2v) is 6.26. The van der Waals surface area contributed by atoms with Crippen LogP contribution in [0, 0.1) is 0 Å². The van der Waals surface area contributed by atoms with Crippen LogP contribution >= 0.6 is 27.5 Å². The summed E-state index contributed by atoms with van der Waals surface area (Å²) in [6, 6.07) is 5.67. The highest BCUT2D eigenvalue weighted by Crippen LogP contribution is 2.28. The van der Waals surface area contributed by atoms with Crippen molar-refractivity contribution in [3.05, 3.63) is 27.7 Å². The molecule has 2 rings (SSSR count). The molecule has 1 aromatic rings. The van der Waals surface area contributed by atoms with Gasteiger partial charge in [-0.15, -0.1) is 0 Å². The van der Waals surface area contributed by atoms with Crippen molar-refractivity contribution in [1.82, 2.24) is 4.90 Å². The second-order valence-electron chi connectivity index (χ2n) is 4.93. The van der Waals surface area contributed by atoms with Crippen molar-refractivity contribution in [1.29, 1.82) is 0 Å². The van der Waals surface area contributed by atoms with Crippen LogP contribution in [-0.2, 0) is 0 Å². The number of likely N-dealkylation sites (tertiary alicyclic amines) is 1. The zero-order chi connectivity index (χ0) is 14.8. The van der Waals surface area contributed by atoms with Gasteiger partial charge in [0.15, 0.2) is 0 Å². The third-order valence-electron chi connectivity index (χ3n) is 3.28. The molecule has 1 aliphatic rings. The number of piperidine rings is 1. The number of halogens is 5. The standard InChI is InChI=1S/C13H15BrClF3N2/c14-9-1-2-11(15)12(7-9)19-10-3-5-20(6-4-10)8-13(16,17)18/h1-2,7,10,19H,3-6,8H2. The first-order chi connectivity index (χ1) is 9.33. The van der Waals surface area contributed by atoms with Crippen LogP contribution in [0.1, 0.15) is 12.8 Å². The lowest BCUT2D eigenvalue weighted by Crippen LogP contribution is -2.43. The summed E-state index contributed by atoms with van der Waals surface area (Å²) in [5.74, 6) is 0. The van der Waals surface area contributed by atoms with Crippen molar-refractivity contribution < 1.29 is 13.2 Å². The number of alkyl halides is 3. The first kappa shape index (κ1) is 15.9. The fourth-order valence-electron chi connectivity index (χ4n) is 2.32. The first-order valence-corrected chi connectivity index (χ1v) is 7.51. The summed E-state index contributed by atoms with van der Waals surface area (Å²) in [4.78, 5) is 1.45. The summed E-state index contributed by atoms with van der Waals surface area (Å²) in [6.07, 6.45) is -2.76. The van der Waals surface area contributed by atoms with Crippen molar-refractivity contribution in [2.24, 2.45) is 0 Å². The van der Waals surface area contributed by atoms with E-state index in [1.807, 2.05) is 12.1 Å². The molecule has 0 saturated carbocycles. The molecule has 2 nitrogen and oxygen atoms in total. The fraction of sp³-hybridized carbons (Fsp3) is 0.538. The van der Waals surface area contributed by atoms with Crippen molar-refractivity contribution in [3.63, 3.8) is 0 Å². The zero-order valence-electron chi connectivity index (χ0n) is 10.7. The predicted octanol–water partition coefficient (Wildman–Crippen LogP) is 4.54. The van der Waals surface area contributed by atoms with Crippen LogP contribution in [0.4, 0.5) is 18.9 Å². The van der Waals surface area contributed by atoms with Gasteiger partial charge in [-0.2, -0.15) is 13.2 Å². The Labute approximate surface area is 129 Å². The van der Waals surface area contributed by atoms with E-state index in [9.17, 15) is 13.2 Å². The molecule has 1 N–H and O–H groups in total. The number of anilines is 1. The molecule has 0 spiro atoms. The smallest absolute Gasteiger partial charge is 0.381 e. The number of hydrogen-bond acceptors (Lipinski definition) is 2. The number of benzene rings is 1. The van der Waals surface area contributed by atoms with Crippen molar-refractivity contribution in [2.75, 3.05) is 25.0 Å². The Morgan fingerprint density at radius 3 is 2.55 bits per heavy atom. The minimum atomic E-state index is -4.12. The Morgan fingerprint density at radius 1 is 1.30 bits per heavy atom. The molecule has 7 heteroatoms. The maximum absolute atomic E-state index is 12.3. The molecule has 1 saturated heterocycles. The summed E-state index contributed by atoms with van der Waals surface area (Å²) in [7, 11) is 0. The Bertz CT molecular complexity index is 459. The van der Waals surface area contributed by atoms with Gasteiger partial charge in [-0.25, -0.2) is 0 Å².